The van der Waals surface area contributed by atoms with Gasteiger partial charge < -0.3 is 9.55 Å². The number of H-pyrrole nitrogens is 1. The van der Waals surface area contributed by atoms with Gasteiger partial charge in [-0.15, -0.1) is 0 Å². The number of benzene rings is 1. The highest BCUT2D eigenvalue weighted by Crippen LogP contribution is 2.12. The third-order valence-corrected chi connectivity index (χ3v) is 4.23. The van der Waals surface area contributed by atoms with E-state index >= 15 is 0 Å². The van der Waals surface area contributed by atoms with E-state index in [9.17, 15) is 8.42 Å². The highest BCUT2D eigenvalue weighted by molar-refractivity contribution is 7.90. The number of aromatic nitrogens is 2. The van der Waals surface area contributed by atoms with Crippen molar-refractivity contribution in [3.63, 3.8) is 0 Å². The topological polar surface area (TPSA) is 54.9 Å². The molecule has 0 atom stereocenters. The van der Waals surface area contributed by atoms with Crippen molar-refractivity contribution >= 4 is 22.1 Å². The van der Waals surface area contributed by atoms with Gasteiger partial charge in [-0.3, -0.25) is 0 Å². The minimum atomic E-state index is -3.13. The Bertz CT molecular complexity index is 709. The molecule has 0 amide bonds. The molecule has 1 aromatic heterocycles. The lowest BCUT2D eigenvalue weighted by atomic mass is 10.2. The summed E-state index contributed by atoms with van der Waals surface area (Å²) < 4.78 is 25.3. The van der Waals surface area contributed by atoms with Gasteiger partial charge in [0.25, 0.3) is 0 Å². The molecule has 1 aromatic carbocycles. The van der Waals surface area contributed by atoms with Crippen molar-refractivity contribution in [3.8, 4) is 0 Å². The highest BCUT2D eigenvalue weighted by atomic mass is 32.2. The first kappa shape index (κ1) is 13.0. The maximum atomic E-state index is 11.3. The van der Waals surface area contributed by atoms with Gasteiger partial charge in [0.2, 0.25) is 0 Å². The predicted molar refractivity (Wildman–Crippen MR) is 73.0 cm³/mol. The summed E-state index contributed by atoms with van der Waals surface area (Å²) in [4.78, 5) is 3.31. The van der Waals surface area contributed by atoms with Crippen LogP contribution in [-0.2, 0) is 16.4 Å². The molecule has 0 spiro atoms. The van der Waals surface area contributed by atoms with Crippen LogP contribution in [0, 0.1) is 11.7 Å². The largest absolute Gasteiger partial charge is 0.337 e. The molecule has 2 aromatic rings. The normalized spacial score (nSPS) is 11.7. The lowest BCUT2D eigenvalue weighted by molar-refractivity contribution is 0.602. The number of sulfone groups is 1. The van der Waals surface area contributed by atoms with E-state index < -0.39 is 9.84 Å². The second kappa shape index (κ2) is 4.70. The van der Waals surface area contributed by atoms with Crippen LogP contribution in [0.25, 0.3) is 0 Å². The molecule has 0 aliphatic rings. The van der Waals surface area contributed by atoms with E-state index in [0.717, 1.165) is 11.3 Å². The zero-order valence-corrected chi connectivity index (χ0v) is 11.8. The van der Waals surface area contributed by atoms with E-state index in [-0.39, 0.29) is 0 Å². The third kappa shape index (κ3) is 2.70. The lowest BCUT2D eigenvalue weighted by Gasteiger charge is -2.06. The van der Waals surface area contributed by atoms with Crippen molar-refractivity contribution < 1.29 is 8.42 Å². The summed E-state index contributed by atoms with van der Waals surface area (Å²) in [6.07, 6.45) is 3.06. The van der Waals surface area contributed by atoms with Crippen molar-refractivity contribution in [3.05, 3.63) is 46.5 Å². The second-order valence-corrected chi connectivity index (χ2v) is 6.64. The molecule has 0 bridgehead atoms. The maximum absolute atomic E-state index is 11.3. The van der Waals surface area contributed by atoms with E-state index in [1.165, 1.54) is 6.26 Å². The molecule has 0 saturated heterocycles. The number of hydrogen-bond donors (Lipinski definition) is 1. The second-order valence-electron chi connectivity index (χ2n) is 4.24. The molecule has 1 heterocycles. The zero-order chi connectivity index (χ0) is 13.3. The van der Waals surface area contributed by atoms with Gasteiger partial charge in [0, 0.05) is 18.1 Å². The first-order valence-electron chi connectivity index (χ1n) is 5.42. The van der Waals surface area contributed by atoms with E-state index in [4.69, 9.17) is 12.2 Å². The Morgan fingerprint density at radius 1 is 1.28 bits per heavy atom. The standard InChI is InChI=1S/C12H14N2O2S2/c1-9-7-13-12(17)14(9)8-10-3-5-11(6-4-10)18(2,15)16/h3-7H,8H2,1-2H3,(H,13,17). The number of hydrogen-bond acceptors (Lipinski definition) is 3. The minimum absolute atomic E-state index is 0.334. The molecule has 6 heteroatoms. The highest BCUT2D eigenvalue weighted by Gasteiger charge is 2.07. The van der Waals surface area contributed by atoms with E-state index in [1.807, 2.05) is 29.8 Å². The van der Waals surface area contributed by atoms with Gasteiger partial charge >= 0.3 is 0 Å². The van der Waals surface area contributed by atoms with Gasteiger partial charge in [-0.25, -0.2) is 8.42 Å². The number of imidazole rings is 1. The van der Waals surface area contributed by atoms with Crippen LogP contribution >= 0.6 is 12.2 Å². The summed E-state index contributed by atoms with van der Waals surface area (Å²) in [5, 5.41) is 0. The van der Waals surface area contributed by atoms with Gasteiger partial charge in [-0.2, -0.15) is 0 Å². The van der Waals surface area contributed by atoms with Crippen molar-refractivity contribution in [2.75, 3.05) is 6.26 Å². The number of nitrogens with one attached hydrogen (secondary N) is 1. The summed E-state index contributed by atoms with van der Waals surface area (Å²) in [6.45, 7) is 2.61. The fourth-order valence-electron chi connectivity index (χ4n) is 1.70. The van der Waals surface area contributed by atoms with Crippen LogP contribution in [-0.4, -0.2) is 24.2 Å². The predicted octanol–water partition coefficient (Wildman–Crippen LogP) is 2.31. The molecular weight excluding hydrogens is 268 g/mol. The third-order valence-electron chi connectivity index (χ3n) is 2.77. The van der Waals surface area contributed by atoms with E-state index in [1.54, 1.807) is 12.1 Å². The average molecular weight is 282 g/mol. The Labute approximate surface area is 111 Å². The van der Waals surface area contributed by atoms with Gasteiger partial charge in [-0.05, 0) is 36.8 Å². The summed E-state index contributed by atoms with van der Waals surface area (Å²) in [5.41, 5.74) is 2.06. The van der Waals surface area contributed by atoms with Crippen LogP contribution in [0.5, 0.6) is 0 Å². The molecule has 0 fully saturated rings. The van der Waals surface area contributed by atoms with E-state index in [0.29, 0.717) is 16.2 Å². The zero-order valence-electron chi connectivity index (χ0n) is 10.2. The molecule has 0 unspecified atom stereocenters. The van der Waals surface area contributed by atoms with Gasteiger partial charge in [0.05, 0.1) is 11.4 Å². The molecular formula is C12H14N2O2S2. The van der Waals surface area contributed by atoms with Crippen molar-refractivity contribution in [2.45, 2.75) is 18.4 Å². The quantitative estimate of drug-likeness (QED) is 0.879. The van der Waals surface area contributed by atoms with E-state index in [2.05, 4.69) is 4.98 Å². The Morgan fingerprint density at radius 3 is 2.33 bits per heavy atom. The molecule has 0 saturated carbocycles. The van der Waals surface area contributed by atoms with Crippen molar-refractivity contribution in [1.29, 1.82) is 0 Å². The molecule has 96 valence electrons. The van der Waals surface area contributed by atoms with Gasteiger partial charge in [-0.1, -0.05) is 12.1 Å². The fourth-order valence-corrected chi connectivity index (χ4v) is 2.60. The molecule has 2 rings (SSSR count). The van der Waals surface area contributed by atoms with Crippen molar-refractivity contribution in [2.24, 2.45) is 0 Å². The Morgan fingerprint density at radius 2 is 1.89 bits per heavy atom. The number of aromatic amines is 1. The SMILES string of the molecule is Cc1c[nH]c(=S)n1Cc1ccc(S(C)(=O)=O)cc1. The smallest absolute Gasteiger partial charge is 0.177 e. The first-order chi connectivity index (χ1) is 8.38. The van der Waals surface area contributed by atoms with Crippen LogP contribution in [0.15, 0.2) is 35.4 Å². The summed E-state index contributed by atoms with van der Waals surface area (Å²) in [7, 11) is -3.13. The lowest BCUT2D eigenvalue weighted by Crippen LogP contribution is -2.02. The molecule has 0 aliphatic carbocycles. The van der Waals surface area contributed by atoms with Gasteiger partial charge in [0.15, 0.2) is 14.6 Å². The number of nitrogens with zero attached hydrogens (tertiary/aromatic N) is 1. The molecule has 1 N–H and O–H groups in total. The summed E-state index contributed by atoms with van der Waals surface area (Å²) in [5.74, 6) is 0. The fraction of sp³-hybridized carbons (Fsp3) is 0.250. The van der Waals surface area contributed by atoms with Crippen molar-refractivity contribution in [1.82, 2.24) is 9.55 Å². The minimum Gasteiger partial charge on any atom is -0.337 e. The van der Waals surface area contributed by atoms with Gasteiger partial charge in [0.1, 0.15) is 0 Å². The Kier molecular flexibility index (Phi) is 3.41. The number of rotatable bonds is 3. The van der Waals surface area contributed by atoms with Crippen LogP contribution < -0.4 is 0 Å². The summed E-state index contributed by atoms with van der Waals surface area (Å²) in [6, 6.07) is 6.86. The Hall–Kier alpha value is -1.40. The van der Waals surface area contributed by atoms with Crippen LogP contribution in [0.3, 0.4) is 0 Å². The average Bonchev–Trinajstić information content (AvgIpc) is 2.60. The number of aryl methyl sites for hydroxylation is 1. The molecule has 0 aliphatic heterocycles. The first-order valence-corrected chi connectivity index (χ1v) is 7.72. The van der Waals surface area contributed by atoms with Crippen LogP contribution in [0.1, 0.15) is 11.3 Å². The van der Waals surface area contributed by atoms with Crippen LogP contribution in [0.2, 0.25) is 0 Å². The molecule has 0 radical (unpaired) electrons. The monoisotopic (exact) mass is 282 g/mol. The maximum Gasteiger partial charge on any atom is 0.177 e. The molecule has 18 heavy (non-hydrogen) atoms. The Balaban J connectivity index is 2.30. The van der Waals surface area contributed by atoms with Crippen LogP contribution in [0.4, 0.5) is 0 Å². The molecule has 4 nitrogen and oxygen atoms in total. The summed E-state index contributed by atoms with van der Waals surface area (Å²) >= 11 is 5.17.